The van der Waals surface area contributed by atoms with E-state index in [4.69, 9.17) is 22.1 Å². The van der Waals surface area contributed by atoms with E-state index in [0.29, 0.717) is 16.6 Å². The summed E-state index contributed by atoms with van der Waals surface area (Å²) in [4.78, 5) is 8.14. The largest absolute Gasteiger partial charge is 0.387 e. The van der Waals surface area contributed by atoms with Crippen LogP contribution >= 0.6 is 11.6 Å². The highest BCUT2D eigenvalue weighted by atomic mass is 35.5. The van der Waals surface area contributed by atoms with Gasteiger partial charge in [0.05, 0.1) is 10.4 Å². The Morgan fingerprint density at radius 3 is 2.76 bits per heavy atom. The van der Waals surface area contributed by atoms with Gasteiger partial charge in [0.1, 0.15) is 48.0 Å². The van der Waals surface area contributed by atoms with Crippen LogP contribution in [0, 0.1) is 5.82 Å². The summed E-state index contributed by atoms with van der Waals surface area (Å²) in [7, 11) is 0. The summed E-state index contributed by atoms with van der Waals surface area (Å²) in [6.07, 6.45) is -2.11. The van der Waals surface area contributed by atoms with E-state index in [0.717, 1.165) is 6.07 Å². The summed E-state index contributed by atoms with van der Waals surface area (Å²) in [6.45, 7) is 3.73. The summed E-state index contributed by atoms with van der Waals surface area (Å²) in [5.74, 6) is -0.489. The molecule has 1 fully saturated rings. The van der Waals surface area contributed by atoms with Gasteiger partial charge >= 0.3 is 0 Å². The van der Waals surface area contributed by atoms with Gasteiger partial charge in [-0.3, -0.25) is 0 Å². The number of aliphatic hydroxyl groups excluding tert-OH is 3. The lowest BCUT2D eigenvalue weighted by Crippen LogP contribution is -2.34. The fraction of sp³-hybridized carbons (Fsp3) is 0.263. The topological polar surface area (TPSA) is 127 Å². The summed E-state index contributed by atoms with van der Waals surface area (Å²) in [5.41, 5.74) is 7.07. The number of halogens is 2. The van der Waals surface area contributed by atoms with E-state index in [1.54, 1.807) is 12.3 Å². The van der Waals surface area contributed by atoms with Crippen molar-refractivity contribution in [1.29, 1.82) is 0 Å². The number of hydrogen-bond donors (Lipinski definition) is 4. The highest BCUT2D eigenvalue weighted by molar-refractivity contribution is 6.30. The predicted molar refractivity (Wildman–Crippen MR) is 104 cm³/mol. The molecule has 4 rings (SSSR count). The van der Waals surface area contributed by atoms with Crippen LogP contribution in [0.4, 0.5) is 10.2 Å². The van der Waals surface area contributed by atoms with Gasteiger partial charge in [-0.05, 0) is 17.7 Å². The van der Waals surface area contributed by atoms with Gasteiger partial charge in [0.15, 0.2) is 6.23 Å². The zero-order valence-corrected chi connectivity index (χ0v) is 15.7. The van der Waals surface area contributed by atoms with Crippen LogP contribution in [0.5, 0.6) is 0 Å². The summed E-state index contributed by atoms with van der Waals surface area (Å²) < 4.78 is 21.0. The van der Waals surface area contributed by atoms with Crippen LogP contribution in [0.15, 0.2) is 37.3 Å². The van der Waals surface area contributed by atoms with Crippen molar-refractivity contribution in [3.05, 3.63) is 59.3 Å². The maximum absolute atomic E-state index is 13.8. The average molecular weight is 421 g/mol. The molecule has 0 bridgehead atoms. The predicted octanol–water partition coefficient (Wildman–Crippen LogP) is 1.80. The number of rotatable bonds is 4. The molecule has 3 aromatic rings. The zero-order chi connectivity index (χ0) is 20.9. The number of ether oxygens (including phenoxy) is 1. The van der Waals surface area contributed by atoms with Crippen molar-refractivity contribution < 1.29 is 24.4 Å². The first-order chi connectivity index (χ1) is 13.8. The molecule has 2 aromatic heterocycles. The van der Waals surface area contributed by atoms with E-state index in [9.17, 15) is 19.7 Å². The number of nitrogen functional groups attached to an aromatic ring is 1. The number of benzene rings is 1. The molecule has 29 heavy (non-hydrogen) atoms. The molecule has 0 aliphatic carbocycles. The van der Waals surface area contributed by atoms with Gasteiger partial charge in [-0.15, -0.1) is 0 Å². The minimum absolute atomic E-state index is 0.0974. The molecule has 0 unspecified atom stereocenters. The van der Waals surface area contributed by atoms with E-state index in [1.165, 1.54) is 23.0 Å². The first-order valence-electron chi connectivity index (χ1n) is 8.71. The number of fused-ring (bicyclic) bond motifs is 1. The Morgan fingerprint density at radius 1 is 1.31 bits per heavy atom. The van der Waals surface area contributed by atoms with Crippen LogP contribution in [0.25, 0.3) is 17.1 Å². The summed E-state index contributed by atoms with van der Waals surface area (Å²) in [5, 5.41) is 32.1. The molecule has 3 heterocycles. The molecule has 10 heteroatoms. The van der Waals surface area contributed by atoms with Gasteiger partial charge in [0, 0.05) is 11.8 Å². The van der Waals surface area contributed by atoms with Gasteiger partial charge in [-0.1, -0.05) is 30.3 Å². The van der Waals surface area contributed by atoms with E-state index in [1.807, 2.05) is 0 Å². The molecule has 0 saturated carbocycles. The molecule has 1 aromatic carbocycles. The van der Waals surface area contributed by atoms with Crippen molar-refractivity contribution in [2.75, 3.05) is 5.73 Å². The van der Waals surface area contributed by atoms with Crippen molar-refractivity contribution in [3.63, 3.8) is 0 Å². The standard InChI is InChI=1S/C19H18ClFN4O4/c1-2-8-6-25(18-12(8)17(22)23-7-24-18)19-15(28)14(27)16(29-19)13(26)9-3-4-10(20)11(21)5-9/h2-7,13-16,19,26-28H,1H2,(H2,22,23,24)/t13-,14+,15-,16-,19-/m1/s1. The van der Waals surface area contributed by atoms with Gasteiger partial charge < -0.3 is 30.4 Å². The molecule has 5 N–H and O–H groups in total. The Kier molecular flexibility index (Phi) is 5.01. The number of anilines is 1. The van der Waals surface area contributed by atoms with Gasteiger partial charge in [-0.25, -0.2) is 14.4 Å². The van der Waals surface area contributed by atoms with Gasteiger partial charge in [0.2, 0.25) is 0 Å². The van der Waals surface area contributed by atoms with Crippen LogP contribution < -0.4 is 5.73 Å². The third kappa shape index (κ3) is 3.17. The Balaban J connectivity index is 1.71. The molecular weight excluding hydrogens is 403 g/mol. The first kappa shape index (κ1) is 19.7. The summed E-state index contributed by atoms with van der Waals surface area (Å²) >= 11 is 5.67. The van der Waals surface area contributed by atoms with Gasteiger partial charge in [-0.2, -0.15) is 0 Å². The van der Waals surface area contributed by atoms with Crippen molar-refractivity contribution in [2.24, 2.45) is 0 Å². The molecule has 8 nitrogen and oxygen atoms in total. The van der Waals surface area contributed by atoms with Gasteiger partial charge in [0.25, 0.3) is 0 Å². The SMILES string of the molecule is C=Cc1cn([C@@H]2O[C@H]([C@H](O)c3ccc(Cl)c(F)c3)[C@@H](O)[C@H]2O)c2ncnc(N)c12. The third-order valence-electron chi connectivity index (χ3n) is 5.03. The minimum atomic E-state index is -1.45. The van der Waals surface area contributed by atoms with E-state index >= 15 is 0 Å². The highest BCUT2D eigenvalue weighted by Gasteiger charge is 2.47. The first-order valence-corrected chi connectivity index (χ1v) is 9.09. The van der Waals surface area contributed by atoms with Crippen molar-refractivity contribution in [2.45, 2.75) is 30.6 Å². The maximum Gasteiger partial charge on any atom is 0.164 e. The quantitative estimate of drug-likeness (QED) is 0.507. The Labute approximate surface area is 169 Å². The Bertz CT molecular complexity index is 1090. The van der Waals surface area contributed by atoms with Crippen molar-refractivity contribution in [3.8, 4) is 0 Å². The molecule has 1 aliphatic heterocycles. The van der Waals surface area contributed by atoms with Crippen LogP contribution in [0.1, 0.15) is 23.5 Å². The zero-order valence-electron chi connectivity index (χ0n) is 15.0. The average Bonchev–Trinajstić information content (AvgIpc) is 3.22. The molecule has 0 spiro atoms. The van der Waals surface area contributed by atoms with E-state index in [2.05, 4.69) is 16.5 Å². The third-order valence-corrected chi connectivity index (χ3v) is 5.34. The number of nitrogens with two attached hydrogens (primary N) is 1. The lowest BCUT2D eigenvalue weighted by molar-refractivity contribution is -0.0849. The van der Waals surface area contributed by atoms with Crippen LogP contribution in [-0.4, -0.2) is 48.2 Å². The van der Waals surface area contributed by atoms with Crippen LogP contribution in [0.3, 0.4) is 0 Å². The smallest absolute Gasteiger partial charge is 0.164 e. The normalized spacial score (nSPS) is 25.4. The van der Waals surface area contributed by atoms with E-state index in [-0.39, 0.29) is 16.4 Å². The fourth-order valence-corrected chi connectivity index (χ4v) is 3.67. The number of aliphatic hydroxyl groups is 3. The molecule has 1 aliphatic rings. The highest BCUT2D eigenvalue weighted by Crippen LogP contribution is 2.39. The molecule has 152 valence electrons. The number of hydrogen-bond acceptors (Lipinski definition) is 7. The molecular formula is C19H18ClFN4O4. The van der Waals surface area contributed by atoms with Crippen LogP contribution in [0.2, 0.25) is 5.02 Å². The van der Waals surface area contributed by atoms with Crippen molar-refractivity contribution >= 4 is 34.5 Å². The van der Waals surface area contributed by atoms with Crippen LogP contribution in [-0.2, 0) is 4.74 Å². The fourth-order valence-electron chi connectivity index (χ4n) is 3.55. The Morgan fingerprint density at radius 2 is 2.07 bits per heavy atom. The monoisotopic (exact) mass is 420 g/mol. The molecule has 0 radical (unpaired) electrons. The van der Waals surface area contributed by atoms with Crippen molar-refractivity contribution in [1.82, 2.24) is 14.5 Å². The lowest BCUT2D eigenvalue weighted by Gasteiger charge is -2.21. The lowest BCUT2D eigenvalue weighted by atomic mass is 9.99. The minimum Gasteiger partial charge on any atom is -0.387 e. The number of aromatic nitrogens is 3. The molecule has 5 atom stereocenters. The Hall–Kier alpha value is -2.56. The van der Waals surface area contributed by atoms with E-state index < -0.39 is 36.5 Å². The molecule has 0 amide bonds. The second-order valence-corrected chi connectivity index (χ2v) is 7.15. The second-order valence-electron chi connectivity index (χ2n) is 6.74. The summed E-state index contributed by atoms with van der Waals surface area (Å²) in [6, 6.07) is 3.76. The maximum atomic E-state index is 13.8. The molecule has 1 saturated heterocycles. The number of nitrogens with zero attached hydrogens (tertiary/aromatic N) is 3. The second kappa shape index (κ2) is 7.36.